The van der Waals surface area contributed by atoms with Crippen molar-refractivity contribution < 1.29 is 9.53 Å². The van der Waals surface area contributed by atoms with Gasteiger partial charge in [0.05, 0.1) is 19.5 Å². The molecule has 0 saturated carbocycles. The van der Waals surface area contributed by atoms with Crippen LogP contribution >= 0.6 is 0 Å². The van der Waals surface area contributed by atoms with Crippen LogP contribution in [-0.4, -0.2) is 34.0 Å². The summed E-state index contributed by atoms with van der Waals surface area (Å²) in [5, 5.41) is 0. The number of likely N-dealkylation sites (tertiary alicyclic amines) is 1. The average molecular weight is 299 g/mol. The van der Waals surface area contributed by atoms with Gasteiger partial charge in [-0.3, -0.25) is 4.79 Å². The molecule has 0 radical (unpaired) electrons. The van der Waals surface area contributed by atoms with Crippen LogP contribution in [0.3, 0.4) is 0 Å². The second-order valence-corrected chi connectivity index (χ2v) is 5.65. The lowest BCUT2D eigenvalue weighted by Crippen LogP contribution is -2.35. The average Bonchev–Trinajstić information content (AvgIpc) is 3.24. The summed E-state index contributed by atoms with van der Waals surface area (Å²) in [6, 6.07) is 7.91. The fourth-order valence-corrected chi connectivity index (χ4v) is 3.09. The number of imidazole rings is 1. The first kappa shape index (κ1) is 14.6. The molecule has 1 aromatic heterocycles. The molecule has 1 saturated heterocycles. The van der Waals surface area contributed by atoms with Crippen LogP contribution in [0.15, 0.2) is 43.0 Å². The molecular formula is C17H21N3O2. The highest BCUT2D eigenvalue weighted by Gasteiger charge is 2.32. The van der Waals surface area contributed by atoms with Crippen LogP contribution in [0.2, 0.25) is 0 Å². The van der Waals surface area contributed by atoms with Gasteiger partial charge in [-0.1, -0.05) is 12.1 Å². The topological polar surface area (TPSA) is 47.4 Å². The summed E-state index contributed by atoms with van der Waals surface area (Å²) in [7, 11) is 1.66. The third-order valence-electron chi connectivity index (χ3n) is 4.34. The van der Waals surface area contributed by atoms with Gasteiger partial charge in [-0.25, -0.2) is 4.98 Å². The number of rotatable bonds is 4. The number of carbonyl (C=O) groups is 1. The van der Waals surface area contributed by atoms with E-state index >= 15 is 0 Å². The molecule has 22 heavy (non-hydrogen) atoms. The fourth-order valence-electron chi connectivity index (χ4n) is 3.09. The normalized spacial score (nSPS) is 19.2. The van der Waals surface area contributed by atoms with E-state index < -0.39 is 0 Å². The quantitative estimate of drug-likeness (QED) is 0.872. The number of ether oxygens (including phenoxy) is 1. The van der Waals surface area contributed by atoms with E-state index in [0.717, 1.165) is 30.7 Å². The Morgan fingerprint density at radius 3 is 3.05 bits per heavy atom. The summed E-state index contributed by atoms with van der Waals surface area (Å²) >= 11 is 0. The smallest absolute Gasteiger partial charge is 0.245 e. The van der Waals surface area contributed by atoms with Gasteiger partial charge in [0.1, 0.15) is 11.8 Å². The molecule has 2 unspecified atom stereocenters. The molecule has 1 fully saturated rings. The highest BCUT2D eigenvalue weighted by molar-refractivity contribution is 5.80. The first-order valence-electron chi connectivity index (χ1n) is 7.62. The minimum absolute atomic E-state index is 0.133. The number of nitrogens with zero attached hydrogens (tertiary/aromatic N) is 3. The van der Waals surface area contributed by atoms with Crippen LogP contribution in [0.5, 0.6) is 5.75 Å². The summed E-state index contributed by atoms with van der Waals surface area (Å²) < 4.78 is 7.15. The van der Waals surface area contributed by atoms with E-state index in [2.05, 4.69) is 11.1 Å². The van der Waals surface area contributed by atoms with Gasteiger partial charge < -0.3 is 14.2 Å². The Morgan fingerprint density at radius 2 is 2.32 bits per heavy atom. The first-order chi connectivity index (χ1) is 10.7. The van der Waals surface area contributed by atoms with Gasteiger partial charge in [0, 0.05) is 18.9 Å². The van der Waals surface area contributed by atoms with Gasteiger partial charge in [0.25, 0.3) is 0 Å². The number of hydrogen-bond acceptors (Lipinski definition) is 3. The van der Waals surface area contributed by atoms with Crippen molar-refractivity contribution in [1.82, 2.24) is 14.5 Å². The molecule has 2 heterocycles. The van der Waals surface area contributed by atoms with Crippen LogP contribution in [0.1, 0.15) is 37.4 Å². The Hall–Kier alpha value is -2.30. The SMILES string of the molecule is COc1cccc(C2CCCN2C(=O)C(C)n2ccnc2)c1. The number of benzene rings is 1. The first-order valence-corrected chi connectivity index (χ1v) is 7.62. The van der Waals surface area contributed by atoms with Crippen LogP contribution in [0.25, 0.3) is 0 Å². The summed E-state index contributed by atoms with van der Waals surface area (Å²) in [5.74, 6) is 0.975. The molecule has 0 spiro atoms. The zero-order chi connectivity index (χ0) is 15.5. The van der Waals surface area contributed by atoms with E-state index in [0.29, 0.717) is 0 Å². The van der Waals surface area contributed by atoms with E-state index in [9.17, 15) is 4.79 Å². The molecular weight excluding hydrogens is 278 g/mol. The molecule has 1 aliphatic rings. The summed E-state index contributed by atoms with van der Waals surface area (Å²) in [4.78, 5) is 18.8. The molecule has 0 N–H and O–H groups in total. The lowest BCUT2D eigenvalue weighted by molar-refractivity contribution is -0.135. The fraction of sp³-hybridized carbons (Fsp3) is 0.412. The molecule has 5 nitrogen and oxygen atoms in total. The summed E-state index contributed by atoms with van der Waals surface area (Å²) in [5.41, 5.74) is 1.14. The van der Waals surface area contributed by atoms with Crippen molar-refractivity contribution in [2.24, 2.45) is 0 Å². The Labute approximate surface area is 130 Å². The van der Waals surface area contributed by atoms with Gasteiger partial charge >= 0.3 is 0 Å². The predicted molar refractivity (Wildman–Crippen MR) is 83.6 cm³/mol. The Kier molecular flexibility index (Phi) is 4.13. The van der Waals surface area contributed by atoms with Crippen LogP contribution in [-0.2, 0) is 4.79 Å². The van der Waals surface area contributed by atoms with Crippen molar-refractivity contribution in [2.45, 2.75) is 31.8 Å². The molecule has 1 amide bonds. The molecule has 3 rings (SSSR count). The van der Waals surface area contributed by atoms with E-state index in [1.54, 1.807) is 19.6 Å². The van der Waals surface area contributed by atoms with E-state index in [1.807, 2.05) is 40.8 Å². The van der Waals surface area contributed by atoms with Crippen LogP contribution in [0.4, 0.5) is 0 Å². The van der Waals surface area contributed by atoms with Crippen molar-refractivity contribution in [3.05, 3.63) is 48.5 Å². The van der Waals surface area contributed by atoms with Crippen LogP contribution in [0, 0.1) is 0 Å². The third kappa shape index (κ3) is 2.71. The van der Waals surface area contributed by atoms with Gasteiger partial charge in [0.2, 0.25) is 5.91 Å². The third-order valence-corrected chi connectivity index (χ3v) is 4.34. The van der Waals surface area contributed by atoms with Gasteiger partial charge in [-0.05, 0) is 37.5 Å². The maximum absolute atomic E-state index is 12.8. The van der Waals surface area contributed by atoms with Crippen molar-refractivity contribution >= 4 is 5.91 Å². The minimum atomic E-state index is -0.228. The number of aromatic nitrogens is 2. The lowest BCUT2D eigenvalue weighted by atomic mass is 10.0. The standard InChI is InChI=1S/C17H21N3O2/c1-13(19-10-8-18-12-19)17(21)20-9-4-7-16(20)14-5-3-6-15(11-14)22-2/h3,5-6,8,10-13,16H,4,7,9H2,1-2H3. The molecule has 5 heteroatoms. The van der Waals surface area contributed by atoms with Crippen molar-refractivity contribution in [3.8, 4) is 5.75 Å². The predicted octanol–water partition coefficient (Wildman–Crippen LogP) is 2.82. The highest BCUT2D eigenvalue weighted by atomic mass is 16.5. The molecule has 0 bridgehead atoms. The van der Waals surface area contributed by atoms with Crippen LogP contribution < -0.4 is 4.74 Å². The maximum Gasteiger partial charge on any atom is 0.245 e. The van der Waals surface area contributed by atoms with Gasteiger partial charge in [0.15, 0.2) is 0 Å². The largest absolute Gasteiger partial charge is 0.497 e. The zero-order valence-corrected chi connectivity index (χ0v) is 13.0. The molecule has 1 aliphatic heterocycles. The maximum atomic E-state index is 12.8. The lowest BCUT2D eigenvalue weighted by Gasteiger charge is -2.28. The summed E-state index contributed by atoms with van der Waals surface area (Å²) in [6.45, 7) is 2.73. The van der Waals surface area contributed by atoms with Crippen molar-refractivity contribution in [3.63, 3.8) is 0 Å². The molecule has 2 aromatic rings. The second kappa shape index (κ2) is 6.22. The number of methoxy groups -OCH3 is 1. The molecule has 2 atom stereocenters. The van der Waals surface area contributed by atoms with Crippen molar-refractivity contribution in [2.75, 3.05) is 13.7 Å². The molecule has 1 aromatic carbocycles. The Bertz CT molecular complexity index is 639. The Morgan fingerprint density at radius 1 is 1.45 bits per heavy atom. The monoisotopic (exact) mass is 299 g/mol. The molecule has 116 valence electrons. The Balaban J connectivity index is 1.82. The summed E-state index contributed by atoms with van der Waals surface area (Å²) in [6.07, 6.45) is 7.26. The second-order valence-electron chi connectivity index (χ2n) is 5.65. The van der Waals surface area contributed by atoms with E-state index in [1.165, 1.54) is 0 Å². The number of carbonyl (C=O) groups excluding carboxylic acids is 1. The van der Waals surface area contributed by atoms with E-state index in [4.69, 9.17) is 4.74 Å². The number of amides is 1. The highest BCUT2D eigenvalue weighted by Crippen LogP contribution is 2.34. The van der Waals surface area contributed by atoms with Crippen molar-refractivity contribution in [1.29, 1.82) is 0 Å². The minimum Gasteiger partial charge on any atom is -0.497 e. The van der Waals surface area contributed by atoms with Gasteiger partial charge in [-0.15, -0.1) is 0 Å². The van der Waals surface area contributed by atoms with E-state index in [-0.39, 0.29) is 18.0 Å². The zero-order valence-electron chi connectivity index (χ0n) is 13.0. The number of hydrogen-bond donors (Lipinski definition) is 0. The van der Waals surface area contributed by atoms with Gasteiger partial charge in [-0.2, -0.15) is 0 Å². The molecule has 0 aliphatic carbocycles.